The van der Waals surface area contributed by atoms with Gasteiger partial charge in [-0.25, -0.2) is 4.79 Å². The zero-order chi connectivity index (χ0) is 18.4. The van der Waals surface area contributed by atoms with Gasteiger partial charge >= 0.3 is 5.97 Å². The zero-order valence-electron chi connectivity index (χ0n) is 13.7. The maximum absolute atomic E-state index is 11.5. The molecule has 0 aliphatic carbocycles. The monoisotopic (exact) mass is 337 g/mol. The molecule has 0 radical (unpaired) electrons. The number of esters is 1. The van der Waals surface area contributed by atoms with E-state index >= 15 is 0 Å². The van der Waals surface area contributed by atoms with Crippen LogP contribution in [0.15, 0.2) is 54.1 Å². The maximum atomic E-state index is 11.5. The fourth-order valence-corrected chi connectivity index (χ4v) is 2.26. The molecule has 126 valence electrons. The number of nitrogens with zero attached hydrogens (tertiary/aromatic N) is 3. The number of anilines is 2. The first-order chi connectivity index (χ1) is 12.0. The summed E-state index contributed by atoms with van der Waals surface area (Å²) in [5, 5.41) is 20.5. The van der Waals surface area contributed by atoms with Gasteiger partial charge in [-0.1, -0.05) is 24.3 Å². The van der Waals surface area contributed by atoms with Crippen molar-refractivity contribution in [3.8, 4) is 6.07 Å². The van der Waals surface area contributed by atoms with Crippen molar-refractivity contribution >= 4 is 29.1 Å². The molecule has 7 heteroatoms. The Hall–Kier alpha value is -3.66. The van der Waals surface area contributed by atoms with Gasteiger partial charge in [0.25, 0.3) is 5.69 Å². The summed E-state index contributed by atoms with van der Waals surface area (Å²) < 4.78 is 4.50. The SMILES string of the molecule is COC(=O)C(C#N)=Cc1ccc(N(C)c2ccccc2)c([N+](=O)[O-])c1. The van der Waals surface area contributed by atoms with E-state index in [-0.39, 0.29) is 11.3 Å². The highest BCUT2D eigenvalue weighted by atomic mass is 16.6. The molecule has 0 aliphatic heterocycles. The van der Waals surface area contributed by atoms with Crippen molar-refractivity contribution in [1.29, 1.82) is 5.26 Å². The van der Waals surface area contributed by atoms with E-state index in [2.05, 4.69) is 4.74 Å². The van der Waals surface area contributed by atoms with Crippen LogP contribution < -0.4 is 4.90 Å². The van der Waals surface area contributed by atoms with Crippen molar-refractivity contribution in [2.24, 2.45) is 0 Å². The Labute approximate surface area is 144 Å². The van der Waals surface area contributed by atoms with Crippen LogP contribution in [0.5, 0.6) is 0 Å². The van der Waals surface area contributed by atoms with E-state index in [1.54, 1.807) is 30.1 Å². The second-order valence-corrected chi connectivity index (χ2v) is 5.06. The van der Waals surface area contributed by atoms with Gasteiger partial charge in [0, 0.05) is 18.8 Å². The minimum atomic E-state index is -0.796. The number of para-hydroxylation sites is 1. The van der Waals surface area contributed by atoms with E-state index < -0.39 is 10.9 Å². The predicted octanol–water partition coefficient (Wildman–Crippen LogP) is 3.44. The van der Waals surface area contributed by atoms with Gasteiger partial charge in [0.15, 0.2) is 0 Å². The van der Waals surface area contributed by atoms with Gasteiger partial charge in [-0.2, -0.15) is 5.26 Å². The number of carbonyl (C=O) groups excluding carboxylic acids is 1. The van der Waals surface area contributed by atoms with Gasteiger partial charge < -0.3 is 9.64 Å². The summed E-state index contributed by atoms with van der Waals surface area (Å²) in [6.45, 7) is 0. The second-order valence-electron chi connectivity index (χ2n) is 5.06. The first-order valence-corrected chi connectivity index (χ1v) is 7.25. The van der Waals surface area contributed by atoms with Crippen LogP contribution in [0.4, 0.5) is 17.1 Å². The lowest BCUT2D eigenvalue weighted by Crippen LogP contribution is -2.11. The normalized spacial score (nSPS) is 10.7. The number of methoxy groups -OCH3 is 1. The van der Waals surface area contributed by atoms with Crippen molar-refractivity contribution < 1.29 is 14.5 Å². The largest absolute Gasteiger partial charge is 0.465 e. The van der Waals surface area contributed by atoms with Gasteiger partial charge in [0.2, 0.25) is 0 Å². The van der Waals surface area contributed by atoms with Gasteiger partial charge in [-0.3, -0.25) is 10.1 Å². The Balaban J connectivity index is 2.49. The molecule has 0 fully saturated rings. The number of ether oxygens (including phenoxy) is 1. The summed E-state index contributed by atoms with van der Waals surface area (Å²) in [5.74, 6) is -0.796. The van der Waals surface area contributed by atoms with Crippen molar-refractivity contribution in [3.63, 3.8) is 0 Å². The molecule has 0 heterocycles. The minimum absolute atomic E-state index is 0.137. The number of nitro benzene ring substituents is 1. The molecule has 0 aliphatic rings. The Morgan fingerprint density at radius 3 is 2.52 bits per heavy atom. The predicted molar refractivity (Wildman–Crippen MR) is 93.2 cm³/mol. The lowest BCUT2D eigenvalue weighted by atomic mass is 10.1. The summed E-state index contributed by atoms with van der Waals surface area (Å²) >= 11 is 0. The molecule has 7 nitrogen and oxygen atoms in total. The molecule has 0 N–H and O–H groups in total. The third-order valence-corrected chi connectivity index (χ3v) is 3.54. The number of rotatable bonds is 5. The van der Waals surface area contributed by atoms with Gasteiger partial charge in [0.05, 0.1) is 12.0 Å². The topological polar surface area (TPSA) is 96.5 Å². The highest BCUT2D eigenvalue weighted by molar-refractivity contribution is 5.98. The molecule has 0 amide bonds. The molecule has 0 atom stereocenters. The molecule has 25 heavy (non-hydrogen) atoms. The van der Waals surface area contributed by atoms with Crippen molar-refractivity contribution in [2.45, 2.75) is 0 Å². The van der Waals surface area contributed by atoms with Crippen LogP contribution >= 0.6 is 0 Å². The molecule has 0 saturated carbocycles. The Morgan fingerprint density at radius 2 is 1.96 bits per heavy atom. The van der Waals surface area contributed by atoms with Crippen LogP contribution in [-0.4, -0.2) is 25.1 Å². The van der Waals surface area contributed by atoms with E-state index in [4.69, 9.17) is 5.26 Å². The van der Waals surface area contributed by atoms with E-state index in [9.17, 15) is 14.9 Å². The third kappa shape index (κ3) is 4.00. The Kier molecular flexibility index (Phi) is 5.48. The lowest BCUT2D eigenvalue weighted by Gasteiger charge is -2.19. The van der Waals surface area contributed by atoms with Crippen molar-refractivity contribution in [3.05, 3.63) is 69.8 Å². The number of hydrogen-bond donors (Lipinski definition) is 0. The number of nitriles is 1. The quantitative estimate of drug-likeness (QED) is 0.272. The van der Waals surface area contributed by atoms with Crippen LogP contribution in [0.1, 0.15) is 5.56 Å². The smallest absolute Gasteiger partial charge is 0.348 e. The van der Waals surface area contributed by atoms with Crippen LogP contribution in [0.25, 0.3) is 6.08 Å². The molecule has 0 aromatic heterocycles. The standard InChI is InChI=1S/C18H15N3O4/c1-20(15-6-4-3-5-7-15)16-9-8-13(11-17(16)21(23)24)10-14(12-19)18(22)25-2/h3-11H,1-2H3. The molecule has 0 spiro atoms. The Bertz CT molecular complexity index is 870. The number of carbonyl (C=O) groups is 1. The fourth-order valence-electron chi connectivity index (χ4n) is 2.26. The van der Waals surface area contributed by atoms with Gasteiger partial charge in [0.1, 0.15) is 17.3 Å². The van der Waals surface area contributed by atoms with Crippen molar-refractivity contribution in [2.75, 3.05) is 19.1 Å². The van der Waals surface area contributed by atoms with E-state index in [1.165, 1.54) is 12.1 Å². The lowest BCUT2D eigenvalue weighted by molar-refractivity contribution is -0.384. The highest BCUT2D eigenvalue weighted by Crippen LogP contribution is 2.33. The minimum Gasteiger partial charge on any atom is -0.465 e. The summed E-state index contributed by atoms with van der Waals surface area (Å²) in [6, 6.07) is 15.4. The number of benzene rings is 2. The molecule has 2 rings (SSSR count). The van der Waals surface area contributed by atoms with Crippen LogP contribution in [0.2, 0.25) is 0 Å². The molecule has 0 bridgehead atoms. The molecular formula is C18H15N3O4. The fraction of sp³-hybridized carbons (Fsp3) is 0.111. The van der Waals surface area contributed by atoms with E-state index in [1.807, 2.05) is 30.3 Å². The number of nitro groups is 1. The van der Waals surface area contributed by atoms with Gasteiger partial charge in [-0.15, -0.1) is 0 Å². The molecule has 2 aromatic carbocycles. The summed E-state index contributed by atoms with van der Waals surface area (Å²) in [6.07, 6.45) is 1.26. The van der Waals surface area contributed by atoms with E-state index in [0.29, 0.717) is 11.3 Å². The average molecular weight is 337 g/mol. The maximum Gasteiger partial charge on any atom is 0.348 e. The first-order valence-electron chi connectivity index (χ1n) is 7.25. The van der Waals surface area contributed by atoms with Crippen LogP contribution in [-0.2, 0) is 9.53 Å². The highest BCUT2D eigenvalue weighted by Gasteiger charge is 2.19. The summed E-state index contributed by atoms with van der Waals surface area (Å²) in [4.78, 5) is 24.1. The third-order valence-electron chi connectivity index (χ3n) is 3.54. The molecule has 2 aromatic rings. The second kappa shape index (κ2) is 7.75. The summed E-state index contributed by atoms with van der Waals surface area (Å²) in [7, 11) is 2.89. The molecule has 0 saturated heterocycles. The molecule has 0 unspecified atom stereocenters. The average Bonchev–Trinajstić information content (AvgIpc) is 2.65. The zero-order valence-corrected chi connectivity index (χ0v) is 13.7. The number of hydrogen-bond acceptors (Lipinski definition) is 6. The van der Waals surface area contributed by atoms with E-state index in [0.717, 1.165) is 12.8 Å². The summed E-state index contributed by atoms with van der Waals surface area (Å²) in [5.41, 5.74) is 1.17. The van der Waals surface area contributed by atoms with Crippen LogP contribution in [0.3, 0.4) is 0 Å². The van der Waals surface area contributed by atoms with Gasteiger partial charge in [-0.05, 0) is 29.8 Å². The Morgan fingerprint density at radius 1 is 1.28 bits per heavy atom. The van der Waals surface area contributed by atoms with Crippen molar-refractivity contribution in [1.82, 2.24) is 0 Å². The van der Waals surface area contributed by atoms with Crippen LogP contribution in [0, 0.1) is 21.4 Å². The molecular weight excluding hydrogens is 322 g/mol. The first kappa shape index (κ1) is 17.7.